The van der Waals surface area contributed by atoms with Gasteiger partial charge in [0.05, 0.1) is 17.0 Å². The minimum Gasteiger partial charge on any atom is -0.326 e. The molecule has 0 saturated carbocycles. The molecular formula is C20H19F3N4O3S. The number of carbonyl (C=O) groups is 1. The summed E-state index contributed by atoms with van der Waals surface area (Å²) in [4.78, 5) is 15.7. The van der Waals surface area contributed by atoms with Crippen molar-refractivity contribution < 1.29 is 26.7 Å². The van der Waals surface area contributed by atoms with Crippen LogP contribution in [-0.4, -0.2) is 29.4 Å². The van der Waals surface area contributed by atoms with Gasteiger partial charge in [-0.15, -0.1) is 5.10 Å². The number of carbonyl (C=O) groups excluding carboxylic acids is 1. The molecule has 7 nitrogen and oxygen atoms in total. The average Bonchev–Trinajstić information content (AvgIpc) is 3.18. The number of halogens is 3. The van der Waals surface area contributed by atoms with Gasteiger partial charge in [0.2, 0.25) is 11.7 Å². The summed E-state index contributed by atoms with van der Waals surface area (Å²) < 4.78 is 62.4. The van der Waals surface area contributed by atoms with E-state index >= 15 is 0 Å². The van der Waals surface area contributed by atoms with Gasteiger partial charge in [0.1, 0.15) is 12.5 Å². The molecule has 0 bridgehead atoms. The van der Waals surface area contributed by atoms with Crippen molar-refractivity contribution in [1.29, 1.82) is 0 Å². The van der Waals surface area contributed by atoms with Crippen LogP contribution < -0.4 is 5.32 Å². The fourth-order valence-corrected chi connectivity index (χ4v) is 3.36. The predicted molar refractivity (Wildman–Crippen MR) is 108 cm³/mol. The second kappa shape index (κ2) is 8.98. The van der Waals surface area contributed by atoms with Crippen molar-refractivity contribution in [2.75, 3.05) is 5.32 Å². The van der Waals surface area contributed by atoms with E-state index < -0.39 is 34.9 Å². The Labute approximate surface area is 178 Å². The maximum absolute atomic E-state index is 13.4. The van der Waals surface area contributed by atoms with Crippen LogP contribution in [0.25, 0.3) is 5.69 Å². The molecule has 2 unspecified atom stereocenters. The molecule has 0 radical (unpaired) electrons. The third-order valence-electron chi connectivity index (χ3n) is 4.37. The maximum atomic E-state index is 13.4. The van der Waals surface area contributed by atoms with Crippen LogP contribution in [0.5, 0.6) is 0 Å². The van der Waals surface area contributed by atoms with Crippen LogP contribution in [0.2, 0.25) is 0 Å². The minimum atomic E-state index is -3.27. The number of hydrogen-bond acceptors (Lipinski definition) is 4. The number of rotatable bonds is 7. The summed E-state index contributed by atoms with van der Waals surface area (Å²) in [5.41, 5.74) is 1.48. The summed E-state index contributed by atoms with van der Waals surface area (Å²) in [5, 5.41) is 6.26. The van der Waals surface area contributed by atoms with E-state index in [1.165, 1.54) is 25.1 Å². The number of alkyl halides is 3. The van der Waals surface area contributed by atoms with Crippen LogP contribution in [0.3, 0.4) is 0 Å². The predicted octanol–water partition coefficient (Wildman–Crippen LogP) is 4.17. The molecular weight excluding hydrogens is 433 g/mol. The zero-order valence-corrected chi connectivity index (χ0v) is 17.4. The van der Waals surface area contributed by atoms with E-state index in [0.29, 0.717) is 18.1 Å². The molecule has 2 N–H and O–H groups in total. The molecule has 2 atom stereocenters. The number of benzene rings is 2. The number of hydrogen-bond donors (Lipinski definition) is 2. The van der Waals surface area contributed by atoms with Gasteiger partial charge >= 0.3 is 5.92 Å². The van der Waals surface area contributed by atoms with Crippen molar-refractivity contribution in [2.45, 2.75) is 37.3 Å². The van der Waals surface area contributed by atoms with Crippen LogP contribution in [0.15, 0.2) is 53.7 Å². The first kappa shape index (κ1) is 22.6. The van der Waals surface area contributed by atoms with Gasteiger partial charge < -0.3 is 9.87 Å². The van der Waals surface area contributed by atoms with Gasteiger partial charge in [-0.1, -0.05) is 24.3 Å². The van der Waals surface area contributed by atoms with Crippen molar-refractivity contribution in [3.8, 4) is 5.69 Å². The highest BCUT2D eigenvalue weighted by Crippen LogP contribution is 2.26. The molecule has 0 aliphatic rings. The Morgan fingerprint density at radius 3 is 2.48 bits per heavy atom. The van der Waals surface area contributed by atoms with E-state index in [9.17, 15) is 26.7 Å². The smallest absolute Gasteiger partial charge is 0.305 e. The largest absolute Gasteiger partial charge is 0.326 e. The van der Waals surface area contributed by atoms with Gasteiger partial charge in [-0.05, 0) is 36.2 Å². The van der Waals surface area contributed by atoms with E-state index in [0.717, 1.165) is 11.0 Å². The summed E-state index contributed by atoms with van der Waals surface area (Å²) in [6.07, 6.45) is -0.0829. The Morgan fingerprint density at radius 2 is 1.94 bits per heavy atom. The van der Waals surface area contributed by atoms with Gasteiger partial charge in [0.25, 0.3) is 0 Å². The van der Waals surface area contributed by atoms with E-state index in [1.54, 1.807) is 24.3 Å². The monoisotopic (exact) mass is 452 g/mol. The van der Waals surface area contributed by atoms with Crippen molar-refractivity contribution in [3.05, 3.63) is 65.7 Å². The molecule has 164 valence electrons. The van der Waals surface area contributed by atoms with Crippen LogP contribution >= 0.6 is 0 Å². The third kappa shape index (κ3) is 5.56. The van der Waals surface area contributed by atoms with E-state index in [4.69, 9.17) is 0 Å². The Hall–Kier alpha value is -3.05. The van der Waals surface area contributed by atoms with E-state index in [1.807, 2.05) is 0 Å². The van der Waals surface area contributed by atoms with Gasteiger partial charge in [0.15, 0.2) is 11.1 Å². The summed E-state index contributed by atoms with van der Waals surface area (Å²) in [5.74, 6) is -4.39. The second-order valence-corrected chi connectivity index (χ2v) is 7.85. The zero-order chi connectivity index (χ0) is 22.8. The highest BCUT2D eigenvalue weighted by molar-refractivity contribution is 7.79. The fourth-order valence-electron chi connectivity index (χ4n) is 2.79. The van der Waals surface area contributed by atoms with Crippen molar-refractivity contribution in [3.63, 3.8) is 0 Å². The topological polar surface area (TPSA) is 97.1 Å². The summed E-state index contributed by atoms with van der Waals surface area (Å²) in [7, 11) is 0. The molecule has 3 aromatic rings. The van der Waals surface area contributed by atoms with Crippen LogP contribution in [0, 0.1) is 0 Å². The molecule has 0 aliphatic heterocycles. The quantitative estimate of drug-likeness (QED) is 0.525. The first-order chi connectivity index (χ1) is 14.5. The maximum Gasteiger partial charge on any atom is 0.305 e. The Bertz CT molecular complexity index is 1110. The Kier molecular flexibility index (Phi) is 6.56. The van der Waals surface area contributed by atoms with Crippen molar-refractivity contribution >= 4 is 22.7 Å². The third-order valence-corrected chi connectivity index (χ3v) is 5.07. The lowest BCUT2D eigenvalue weighted by Crippen LogP contribution is -2.15. The molecule has 1 aromatic heterocycles. The Morgan fingerprint density at radius 1 is 1.26 bits per heavy atom. The molecule has 0 saturated heterocycles. The SMILES string of the molecule is CC(F)c1ccc(CC(=O)Nc2ccc(-n3cnc(C(C)(F)F)n3)c(S(=O)O)c2)cc1. The minimum absolute atomic E-state index is 0.0122. The molecule has 2 aromatic carbocycles. The molecule has 3 rings (SSSR count). The molecule has 0 spiro atoms. The zero-order valence-electron chi connectivity index (χ0n) is 16.6. The van der Waals surface area contributed by atoms with Gasteiger partial charge in [-0.3, -0.25) is 4.79 Å². The van der Waals surface area contributed by atoms with E-state index in [2.05, 4.69) is 15.4 Å². The Balaban J connectivity index is 1.78. The van der Waals surface area contributed by atoms with Crippen molar-refractivity contribution in [1.82, 2.24) is 14.8 Å². The standard InChI is InChI=1S/C20H19F3N4O3S/c1-12(21)14-5-3-13(4-6-14)9-18(28)25-15-7-8-16(17(10-15)31(29)30)27-11-24-19(26-27)20(2,22)23/h3-8,10-12H,9H2,1-2H3,(H,25,28)(H,29,30). The molecule has 1 amide bonds. The highest BCUT2D eigenvalue weighted by Gasteiger charge is 2.30. The van der Waals surface area contributed by atoms with Gasteiger partial charge in [-0.2, -0.15) is 8.78 Å². The number of amides is 1. The lowest BCUT2D eigenvalue weighted by Gasteiger charge is -2.11. The van der Waals surface area contributed by atoms with E-state index in [-0.39, 0.29) is 22.7 Å². The van der Waals surface area contributed by atoms with Gasteiger partial charge in [-0.25, -0.2) is 18.3 Å². The fraction of sp³-hybridized carbons (Fsp3) is 0.250. The highest BCUT2D eigenvalue weighted by atomic mass is 32.2. The lowest BCUT2D eigenvalue weighted by atomic mass is 10.1. The normalized spacial score (nSPS) is 13.6. The number of nitrogens with one attached hydrogen (secondary N) is 1. The average molecular weight is 452 g/mol. The summed E-state index contributed by atoms with van der Waals surface area (Å²) in [6, 6.07) is 10.6. The lowest BCUT2D eigenvalue weighted by molar-refractivity contribution is -0.115. The first-order valence-corrected chi connectivity index (χ1v) is 10.2. The van der Waals surface area contributed by atoms with Crippen LogP contribution in [-0.2, 0) is 28.2 Å². The molecule has 31 heavy (non-hydrogen) atoms. The first-order valence-electron chi connectivity index (χ1n) is 9.12. The van der Waals surface area contributed by atoms with Crippen LogP contribution in [0.4, 0.5) is 18.9 Å². The summed E-state index contributed by atoms with van der Waals surface area (Å²) in [6.45, 7) is 2.06. The molecule has 0 aliphatic carbocycles. The molecule has 1 heterocycles. The number of aromatic nitrogens is 3. The summed E-state index contributed by atoms with van der Waals surface area (Å²) >= 11 is -2.49. The molecule has 11 heteroatoms. The second-order valence-electron chi connectivity index (χ2n) is 6.92. The molecule has 0 fully saturated rings. The van der Waals surface area contributed by atoms with Gasteiger partial charge in [0, 0.05) is 12.6 Å². The number of anilines is 1. The van der Waals surface area contributed by atoms with Crippen molar-refractivity contribution in [2.24, 2.45) is 0 Å². The van der Waals surface area contributed by atoms with Crippen LogP contribution in [0.1, 0.15) is 37.0 Å². The number of nitrogens with zero attached hydrogens (tertiary/aromatic N) is 3.